The number of aryl methyl sites for hydroxylation is 1. The van der Waals surface area contributed by atoms with Gasteiger partial charge in [0.15, 0.2) is 0 Å². The molecule has 0 heterocycles. The van der Waals surface area contributed by atoms with Crippen LogP contribution in [0.4, 0.5) is 0 Å². The maximum atomic E-state index is 9.01. The van der Waals surface area contributed by atoms with Gasteiger partial charge in [0.05, 0.1) is 13.2 Å². The normalized spacial score (nSPS) is 18.7. The fourth-order valence-corrected chi connectivity index (χ4v) is 4.64. The molecule has 2 aromatic rings. The van der Waals surface area contributed by atoms with Crippen molar-refractivity contribution in [3.05, 3.63) is 59.2 Å². The molecule has 0 atom stereocenters. The van der Waals surface area contributed by atoms with Crippen molar-refractivity contribution in [3.8, 4) is 11.5 Å². The first-order valence-corrected chi connectivity index (χ1v) is 11.9. The summed E-state index contributed by atoms with van der Waals surface area (Å²) < 4.78 is 12.2. The number of hydrogen-bond donors (Lipinski definition) is 2. The molecule has 31 heavy (non-hydrogen) atoms. The van der Waals surface area contributed by atoms with E-state index < -0.39 is 0 Å². The number of aliphatic hydroxyl groups is 2. The maximum absolute atomic E-state index is 9.01. The minimum absolute atomic E-state index is 0.223. The molecule has 0 amide bonds. The summed E-state index contributed by atoms with van der Waals surface area (Å²) in [5.41, 5.74) is 3.87. The predicted molar refractivity (Wildman–Crippen MR) is 125 cm³/mol. The Balaban J connectivity index is 1.62. The highest BCUT2D eigenvalue weighted by atomic mass is 16.5. The highest BCUT2D eigenvalue weighted by molar-refractivity contribution is 5.43. The summed E-state index contributed by atoms with van der Waals surface area (Å²) in [6.07, 6.45) is 7.94. The lowest BCUT2D eigenvalue weighted by Gasteiger charge is -2.31. The summed E-state index contributed by atoms with van der Waals surface area (Å²) in [5.74, 6) is 3.12. The topological polar surface area (TPSA) is 58.9 Å². The smallest absolute Gasteiger partial charge is 0.125 e. The quantitative estimate of drug-likeness (QED) is 0.425. The molecule has 0 aromatic heterocycles. The lowest BCUT2D eigenvalue weighted by atomic mass is 9.75. The van der Waals surface area contributed by atoms with Crippen LogP contribution in [0.2, 0.25) is 0 Å². The summed E-state index contributed by atoms with van der Waals surface area (Å²) in [5, 5.41) is 18.0. The van der Waals surface area contributed by atoms with Crippen molar-refractivity contribution >= 4 is 0 Å². The second kappa shape index (κ2) is 12.7. The van der Waals surface area contributed by atoms with E-state index in [9.17, 15) is 0 Å². The van der Waals surface area contributed by atoms with Crippen LogP contribution in [0.15, 0.2) is 42.5 Å². The standard InChI is InChI=1S/C27H38O4/c1-21-9-8-11-25(27(21)31-20-7-5-18-29)23-15-13-22(14-16-23)24-10-2-3-12-26(24)30-19-6-4-17-28/h2-3,8-12,22-23,28-29H,4-7,13-20H2,1H3. The van der Waals surface area contributed by atoms with Gasteiger partial charge in [0.1, 0.15) is 11.5 Å². The second-order valence-corrected chi connectivity index (χ2v) is 8.64. The van der Waals surface area contributed by atoms with E-state index >= 15 is 0 Å². The molecule has 1 aliphatic carbocycles. The van der Waals surface area contributed by atoms with Crippen molar-refractivity contribution in [1.29, 1.82) is 0 Å². The van der Waals surface area contributed by atoms with Crippen LogP contribution >= 0.6 is 0 Å². The van der Waals surface area contributed by atoms with Gasteiger partial charge in [-0.2, -0.15) is 0 Å². The Kier molecular flexibility index (Phi) is 9.70. The van der Waals surface area contributed by atoms with Gasteiger partial charge < -0.3 is 19.7 Å². The lowest BCUT2D eigenvalue weighted by Crippen LogP contribution is -2.15. The summed E-state index contributed by atoms with van der Waals surface area (Å²) >= 11 is 0. The van der Waals surface area contributed by atoms with Gasteiger partial charge in [-0.1, -0.05) is 36.4 Å². The van der Waals surface area contributed by atoms with Crippen LogP contribution in [-0.4, -0.2) is 36.6 Å². The highest BCUT2D eigenvalue weighted by Gasteiger charge is 2.27. The SMILES string of the molecule is Cc1cccc(C2CCC(c3ccccc3OCCCCO)CC2)c1OCCCCO. The lowest BCUT2D eigenvalue weighted by molar-refractivity contribution is 0.248. The van der Waals surface area contributed by atoms with Crippen LogP contribution in [0.25, 0.3) is 0 Å². The van der Waals surface area contributed by atoms with Gasteiger partial charge in [-0.15, -0.1) is 0 Å². The molecule has 2 aromatic carbocycles. The van der Waals surface area contributed by atoms with E-state index in [1.54, 1.807) is 0 Å². The Morgan fingerprint density at radius 2 is 1.29 bits per heavy atom. The number of rotatable bonds is 12. The third-order valence-electron chi connectivity index (χ3n) is 6.38. The van der Waals surface area contributed by atoms with Gasteiger partial charge in [0.25, 0.3) is 0 Å². The summed E-state index contributed by atoms with van der Waals surface area (Å²) in [7, 11) is 0. The molecule has 1 aliphatic rings. The number of para-hydroxylation sites is 2. The first-order valence-electron chi connectivity index (χ1n) is 11.9. The molecule has 170 valence electrons. The third kappa shape index (κ3) is 6.72. The molecule has 1 saturated carbocycles. The summed E-state index contributed by atoms with van der Waals surface area (Å²) in [4.78, 5) is 0. The van der Waals surface area contributed by atoms with Gasteiger partial charge in [0, 0.05) is 13.2 Å². The molecular weight excluding hydrogens is 388 g/mol. The predicted octanol–water partition coefficient (Wildman–Crippen LogP) is 5.74. The molecule has 4 heteroatoms. The van der Waals surface area contributed by atoms with Crippen LogP contribution < -0.4 is 9.47 Å². The third-order valence-corrected chi connectivity index (χ3v) is 6.38. The van der Waals surface area contributed by atoms with Gasteiger partial charge >= 0.3 is 0 Å². The molecule has 4 nitrogen and oxygen atoms in total. The van der Waals surface area contributed by atoms with E-state index in [1.807, 2.05) is 6.07 Å². The Labute approximate surface area is 187 Å². The molecule has 3 rings (SSSR count). The first kappa shape index (κ1) is 23.6. The maximum Gasteiger partial charge on any atom is 0.125 e. The van der Waals surface area contributed by atoms with E-state index in [1.165, 1.54) is 16.7 Å². The number of unbranched alkanes of at least 4 members (excludes halogenated alkanes) is 2. The van der Waals surface area contributed by atoms with E-state index in [-0.39, 0.29) is 13.2 Å². The number of benzene rings is 2. The zero-order valence-corrected chi connectivity index (χ0v) is 18.9. The van der Waals surface area contributed by atoms with Gasteiger partial charge in [-0.3, -0.25) is 0 Å². The Hall–Kier alpha value is -2.04. The average Bonchev–Trinajstić information content (AvgIpc) is 2.81. The second-order valence-electron chi connectivity index (χ2n) is 8.64. The molecule has 0 aliphatic heterocycles. The van der Waals surface area contributed by atoms with Crippen molar-refractivity contribution in [2.24, 2.45) is 0 Å². The fourth-order valence-electron chi connectivity index (χ4n) is 4.64. The monoisotopic (exact) mass is 426 g/mol. The van der Waals surface area contributed by atoms with E-state index in [4.69, 9.17) is 19.7 Å². The molecule has 0 spiro atoms. The first-order chi connectivity index (χ1) is 15.2. The Bertz CT molecular complexity index is 781. The molecular formula is C27H38O4. The van der Waals surface area contributed by atoms with Crippen molar-refractivity contribution in [3.63, 3.8) is 0 Å². The van der Waals surface area contributed by atoms with Crippen LogP contribution in [0, 0.1) is 6.92 Å². The molecule has 0 radical (unpaired) electrons. The van der Waals surface area contributed by atoms with Crippen molar-refractivity contribution < 1.29 is 19.7 Å². The van der Waals surface area contributed by atoms with E-state index in [2.05, 4.69) is 43.3 Å². The Morgan fingerprint density at radius 1 is 0.710 bits per heavy atom. The number of ether oxygens (including phenoxy) is 2. The summed E-state index contributed by atoms with van der Waals surface area (Å²) in [6, 6.07) is 15.0. The molecule has 2 N–H and O–H groups in total. The molecule has 1 fully saturated rings. The number of aliphatic hydroxyl groups excluding tert-OH is 2. The van der Waals surface area contributed by atoms with Crippen LogP contribution in [0.3, 0.4) is 0 Å². The largest absolute Gasteiger partial charge is 0.493 e. The molecule has 0 bridgehead atoms. The minimum atomic E-state index is 0.223. The zero-order chi connectivity index (χ0) is 21.9. The van der Waals surface area contributed by atoms with E-state index in [0.717, 1.165) is 62.9 Å². The molecule has 0 saturated heterocycles. The van der Waals surface area contributed by atoms with Crippen molar-refractivity contribution in [2.75, 3.05) is 26.4 Å². The average molecular weight is 427 g/mol. The van der Waals surface area contributed by atoms with Gasteiger partial charge in [-0.25, -0.2) is 0 Å². The van der Waals surface area contributed by atoms with Gasteiger partial charge in [0.2, 0.25) is 0 Å². The number of hydrogen-bond acceptors (Lipinski definition) is 4. The van der Waals surface area contributed by atoms with Crippen molar-refractivity contribution in [1.82, 2.24) is 0 Å². The van der Waals surface area contributed by atoms with Crippen molar-refractivity contribution in [2.45, 2.75) is 70.1 Å². The highest BCUT2D eigenvalue weighted by Crippen LogP contribution is 2.45. The summed E-state index contributed by atoms with van der Waals surface area (Å²) in [6.45, 7) is 3.89. The van der Waals surface area contributed by atoms with Crippen LogP contribution in [0.1, 0.15) is 79.9 Å². The minimum Gasteiger partial charge on any atom is -0.493 e. The van der Waals surface area contributed by atoms with Crippen LogP contribution in [0.5, 0.6) is 11.5 Å². The van der Waals surface area contributed by atoms with Crippen LogP contribution in [-0.2, 0) is 0 Å². The Morgan fingerprint density at radius 3 is 1.97 bits per heavy atom. The zero-order valence-electron chi connectivity index (χ0n) is 18.9. The molecule has 0 unspecified atom stereocenters. The van der Waals surface area contributed by atoms with E-state index in [0.29, 0.717) is 25.0 Å². The fraction of sp³-hybridized carbons (Fsp3) is 0.556. The van der Waals surface area contributed by atoms with Gasteiger partial charge in [-0.05, 0) is 92.9 Å².